The van der Waals surface area contributed by atoms with Gasteiger partial charge in [0.2, 0.25) is 0 Å². The van der Waals surface area contributed by atoms with Gasteiger partial charge in [0, 0.05) is 6.54 Å². The summed E-state index contributed by atoms with van der Waals surface area (Å²) in [6.07, 6.45) is 3.12. The quantitative estimate of drug-likeness (QED) is 0.267. The summed E-state index contributed by atoms with van der Waals surface area (Å²) in [5.41, 5.74) is 3.22. The summed E-state index contributed by atoms with van der Waals surface area (Å²) in [6, 6.07) is 6.44. The Kier molecular flexibility index (Phi) is 7.32. The van der Waals surface area contributed by atoms with E-state index in [1.54, 1.807) is 24.3 Å². The number of benzene rings is 1. The maximum Gasteiger partial charge on any atom is 0.337 e. The molecule has 0 spiro atoms. The number of hydrogen-bond acceptors (Lipinski definition) is 5. The third-order valence-corrected chi connectivity index (χ3v) is 2.73. The first-order chi connectivity index (χ1) is 10.6. The number of nitrogens with one attached hydrogen (secondary N) is 2. The average molecular weight is 305 g/mol. The average Bonchev–Trinajstić information content (AvgIpc) is 2.54. The molecule has 0 atom stereocenters. The molecule has 0 aliphatic heterocycles. The van der Waals surface area contributed by atoms with Crippen molar-refractivity contribution in [1.82, 2.24) is 10.7 Å². The molecule has 2 N–H and O–H groups in total. The van der Waals surface area contributed by atoms with Crippen LogP contribution in [0.3, 0.4) is 0 Å². The van der Waals surface area contributed by atoms with Gasteiger partial charge in [0.05, 0.1) is 18.9 Å². The van der Waals surface area contributed by atoms with Crippen LogP contribution in [0.5, 0.6) is 0 Å². The van der Waals surface area contributed by atoms with Gasteiger partial charge >= 0.3 is 17.8 Å². The van der Waals surface area contributed by atoms with Gasteiger partial charge < -0.3 is 10.1 Å². The fourth-order valence-corrected chi connectivity index (χ4v) is 1.50. The summed E-state index contributed by atoms with van der Waals surface area (Å²) in [4.78, 5) is 34.0. The van der Waals surface area contributed by atoms with E-state index in [0.717, 1.165) is 12.8 Å². The molecule has 0 saturated carbocycles. The maximum atomic E-state index is 11.4. The van der Waals surface area contributed by atoms with Crippen LogP contribution in [0.25, 0.3) is 0 Å². The van der Waals surface area contributed by atoms with Gasteiger partial charge in [-0.25, -0.2) is 10.2 Å². The van der Waals surface area contributed by atoms with E-state index in [9.17, 15) is 14.4 Å². The summed E-state index contributed by atoms with van der Waals surface area (Å²) in [7, 11) is 1.30. The highest BCUT2D eigenvalue weighted by Crippen LogP contribution is 2.03. The number of esters is 1. The van der Waals surface area contributed by atoms with E-state index < -0.39 is 17.8 Å². The van der Waals surface area contributed by atoms with E-state index in [-0.39, 0.29) is 0 Å². The molecule has 0 heterocycles. The largest absolute Gasteiger partial charge is 0.465 e. The van der Waals surface area contributed by atoms with Crippen molar-refractivity contribution in [2.75, 3.05) is 13.7 Å². The van der Waals surface area contributed by atoms with Crippen LogP contribution in [-0.2, 0) is 14.3 Å². The number of methoxy groups -OCH3 is 1. The van der Waals surface area contributed by atoms with Crippen LogP contribution in [0.4, 0.5) is 0 Å². The van der Waals surface area contributed by atoms with Crippen LogP contribution in [-0.4, -0.2) is 37.7 Å². The van der Waals surface area contributed by atoms with Crippen LogP contribution in [0.15, 0.2) is 29.4 Å². The Morgan fingerprint density at radius 2 is 1.86 bits per heavy atom. The Balaban J connectivity index is 2.46. The minimum atomic E-state index is -0.821. The Labute approximate surface area is 128 Å². The van der Waals surface area contributed by atoms with Crippen molar-refractivity contribution in [2.45, 2.75) is 19.8 Å². The highest BCUT2D eigenvalue weighted by atomic mass is 16.5. The molecule has 0 aromatic heterocycles. The number of amides is 2. The lowest BCUT2D eigenvalue weighted by Crippen LogP contribution is -2.38. The normalized spacial score (nSPS) is 10.3. The van der Waals surface area contributed by atoms with Gasteiger partial charge in [0.25, 0.3) is 0 Å². The second-order valence-electron chi connectivity index (χ2n) is 4.42. The lowest BCUT2D eigenvalue weighted by atomic mass is 10.1. The van der Waals surface area contributed by atoms with Crippen LogP contribution in [0.1, 0.15) is 35.7 Å². The highest BCUT2D eigenvalue weighted by Gasteiger charge is 2.10. The zero-order valence-corrected chi connectivity index (χ0v) is 12.6. The Morgan fingerprint density at radius 1 is 1.18 bits per heavy atom. The topological polar surface area (TPSA) is 96.9 Å². The molecule has 22 heavy (non-hydrogen) atoms. The lowest BCUT2D eigenvalue weighted by Gasteiger charge is -2.02. The van der Waals surface area contributed by atoms with Gasteiger partial charge in [-0.15, -0.1) is 0 Å². The minimum Gasteiger partial charge on any atom is -0.465 e. The summed E-state index contributed by atoms with van der Waals surface area (Å²) >= 11 is 0. The van der Waals surface area contributed by atoms with Crippen LogP contribution < -0.4 is 10.7 Å². The molecule has 0 aliphatic rings. The predicted octanol–water partition coefficient (Wildman–Crippen LogP) is 0.840. The summed E-state index contributed by atoms with van der Waals surface area (Å²) in [5.74, 6) is -1.97. The minimum absolute atomic E-state index is 0.416. The van der Waals surface area contributed by atoms with E-state index in [0.29, 0.717) is 17.7 Å². The fraction of sp³-hybridized carbons (Fsp3) is 0.333. The van der Waals surface area contributed by atoms with E-state index in [2.05, 4.69) is 20.6 Å². The van der Waals surface area contributed by atoms with Crippen LogP contribution >= 0.6 is 0 Å². The van der Waals surface area contributed by atoms with Gasteiger partial charge in [0.15, 0.2) is 0 Å². The third kappa shape index (κ3) is 5.74. The van der Waals surface area contributed by atoms with Gasteiger partial charge in [0.1, 0.15) is 0 Å². The van der Waals surface area contributed by atoms with E-state index in [4.69, 9.17) is 0 Å². The summed E-state index contributed by atoms with van der Waals surface area (Å²) < 4.78 is 4.58. The Morgan fingerprint density at radius 3 is 2.45 bits per heavy atom. The Hall–Kier alpha value is -2.70. The second kappa shape index (κ2) is 9.28. The number of hydrogen-bond donors (Lipinski definition) is 2. The van der Waals surface area contributed by atoms with Crippen molar-refractivity contribution in [2.24, 2.45) is 5.10 Å². The summed E-state index contributed by atoms with van der Waals surface area (Å²) in [5, 5.41) is 6.17. The summed E-state index contributed by atoms with van der Waals surface area (Å²) in [6.45, 7) is 2.45. The molecule has 1 aromatic rings. The number of ether oxygens (including phenoxy) is 1. The molecule has 118 valence electrons. The first-order valence-electron chi connectivity index (χ1n) is 6.88. The smallest absolute Gasteiger partial charge is 0.337 e. The molecular formula is C15H19N3O4. The van der Waals surface area contributed by atoms with Gasteiger partial charge in [-0.3, -0.25) is 9.59 Å². The molecule has 0 fully saturated rings. The monoisotopic (exact) mass is 305 g/mol. The molecular weight excluding hydrogens is 286 g/mol. The van der Waals surface area contributed by atoms with Crippen molar-refractivity contribution in [3.63, 3.8) is 0 Å². The first-order valence-corrected chi connectivity index (χ1v) is 6.88. The number of unbranched alkanes of at least 4 members (excludes halogenated alkanes) is 1. The number of nitrogens with zero attached hydrogens (tertiary/aromatic N) is 1. The maximum absolute atomic E-state index is 11.4. The standard InChI is InChI=1S/C15H19N3O4/c1-3-4-9-16-13(19)14(20)18-17-10-11-5-7-12(8-6-11)15(21)22-2/h5-8,10H,3-4,9H2,1-2H3,(H,16,19)(H,18,20). The molecule has 0 saturated heterocycles. The predicted molar refractivity (Wildman–Crippen MR) is 81.4 cm³/mol. The number of hydrazone groups is 1. The van der Waals surface area contributed by atoms with Crippen LogP contribution in [0, 0.1) is 0 Å². The molecule has 2 amide bonds. The molecule has 0 radical (unpaired) electrons. The number of carbonyl (C=O) groups is 3. The van der Waals surface area contributed by atoms with Crippen molar-refractivity contribution < 1.29 is 19.1 Å². The molecule has 1 aromatic carbocycles. The van der Waals surface area contributed by atoms with Crippen LogP contribution in [0.2, 0.25) is 0 Å². The van der Waals surface area contributed by atoms with E-state index >= 15 is 0 Å². The van der Waals surface area contributed by atoms with Crippen molar-refractivity contribution in [3.05, 3.63) is 35.4 Å². The highest BCUT2D eigenvalue weighted by molar-refractivity contribution is 6.35. The molecule has 1 rings (SSSR count). The van der Waals surface area contributed by atoms with E-state index in [1.807, 2.05) is 6.92 Å². The third-order valence-electron chi connectivity index (χ3n) is 2.73. The van der Waals surface area contributed by atoms with Crippen molar-refractivity contribution in [3.8, 4) is 0 Å². The Bertz CT molecular complexity index is 552. The van der Waals surface area contributed by atoms with Crippen molar-refractivity contribution >= 4 is 24.0 Å². The van der Waals surface area contributed by atoms with Crippen molar-refractivity contribution in [1.29, 1.82) is 0 Å². The molecule has 7 nitrogen and oxygen atoms in total. The first kappa shape index (κ1) is 17.4. The fourth-order valence-electron chi connectivity index (χ4n) is 1.50. The van der Waals surface area contributed by atoms with E-state index in [1.165, 1.54) is 13.3 Å². The molecule has 0 aliphatic carbocycles. The second-order valence-corrected chi connectivity index (χ2v) is 4.42. The van der Waals surface area contributed by atoms with Gasteiger partial charge in [-0.1, -0.05) is 25.5 Å². The lowest BCUT2D eigenvalue weighted by molar-refractivity contribution is -0.139. The SMILES string of the molecule is CCCCNC(=O)C(=O)NN=Cc1ccc(C(=O)OC)cc1. The molecule has 0 bridgehead atoms. The zero-order valence-electron chi connectivity index (χ0n) is 12.6. The van der Waals surface area contributed by atoms with Gasteiger partial charge in [-0.2, -0.15) is 5.10 Å². The number of rotatable bonds is 6. The molecule has 0 unspecified atom stereocenters. The number of carbonyl (C=O) groups excluding carboxylic acids is 3. The van der Waals surface area contributed by atoms with Gasteiger partial charge in [-0.05, 0) is 24.1 Å². The molecule has 7 heteroatoms. The zero-order chi connectivity index (χ0) is 16.4.